The molecule has 1 aliphatic rings. The van der Waals surface area contributed by atoms with Gasteiger partial charge in [-0.1, -0.05) is 35.3 Å². The van der Waals surface area contributed by atoms with E-state index >= 15 is 0 Å². The smallest absolute Gasteiger partial charge is 0.322 e. The fraction of sp³-hybridized carbons (Fsp3) is 0.316. The number of hydrogen-bond donors (Lipinski definition) is 0. The second-order valence-electron chi connectivity index (χ2n) is 5.98. The SMILES string of the molecule is COCC1(C(=O)OC)COc2cc(OCc3ccc(Cl)cc3Cl)ccc21. The van der Waals surface area contributed by atoms with Crippen molar-refractivity contribution >= 4 is 29.2 Å². The van der Waals surface area contributed by atoms with Gasteiger partial charge in [0.05, 0.1) is 13.7 Å². The van der Waals surface area contributed by atoms with Crippen molar-refractivity contribution in [3.63, 3.8) is 0 Å². The third-order valence-corrected chi connectivity index (χ3v) is 4.91. The monoisotopic (exact) mass is 396 g/mol. The van der Waals surface area contributed by atoms with E-state index < -0.39 is 5.41 Å². The van der Waals surface area contributed by atoms with Crippen LogP contribution in [0, 0.1) is 0 Å². The molecule has 0 fully saturated rings. The Labute approximate surface area is 161 Å². The lowest BCUT2D eigenvalue weighted by Crippen LogP contribution is -2.42. The predicted octanol–water partition coefficient (Wildman–Crippen LogP) is 4.02. The molecule has 1 atom stereocenters. The van der Waals surface area contributed by atoms with Crippen LogP contribution in [-0.2, 0) is 26.3 Å². The number of ether oxygens (including phenoxy) is 4. The highest BCUT2D eigenvalue weighted by Gasteiger charge is 2.49. The van der Waals surface area contributed by atoms with Crippen LogP contribution in [0.5, 0.6) is 11.5 Å². The Morgan fingerprint density at radius 1 is 1.19 bits per heavy atom. The molecule has 3 rings (SSSR count). The van der Waals surface area contributed by atoms with Gasteiger partial charge in [0, 0.05) is 34.3 Å². The molecule has 1 aliphatic heterocycles. The first-order valence-electron chi connectivity index (χ1n) is 7.91. The maximum absolute atomic E-state index is 12.3. The van der Waals surface area contributed by atoms with Crippen molar-refractivity contribution in [3.8, 4) is 11.5 Å². The average molecular weight is 397 g/mol. The Hall–Kier alpha value is -1.95. The van der Waals surface area contributed by atoms with Gasteiger partial charge in [0.15, 0.2) is 5.41 Å². The fourth-order valence-corrected chi connectivity index (χ4v) is 3.44. The summed E-state index contributed by atoms with van der Waals surface area (Å²) in [7, 11) is 2.89. The van der Waals surface area contributed by atoms with Crippen LogP contribution < -0.4 is 9.47 Å². The number of esters is 1. The van der Waals surface area contributed by atoms with Crippen LogP contribution in [0.4, 0.5) is 0 Å². The second kappa shape index (κ2) is 7.74. The zero-order valence-electron chi connectivity index (χ0n) is 14.4. The van der Waals surface area contributed by atoms with E-state index in [0.29, 0.717) is 21.5 Å². The molecule has 0 N–H and O–H groups in total. The summed E-state index contributed by atoms with van der Waals surface area (Å²) in [5.74, 6) is 0.791. The molecule has 0 spiro atoms. The summed E-state index contributed by atoms with van der Waals surface area (Å²) in [6.45, 7) is 0.623. The number of carbonyl (C=O) groups excluding carboxylic acids is 1. The molecule has 2 aromatic carbocycles. The summed E-state index contributed by atoms with van der Waals surface area (Å²) in [6, 6.07) is 10.6. The summed E-state index contributed by atoms with van der Waals surface area (Å²) in [6.07, 6.45) is 0. The first-order chi connectivity index (χ1) is 12.5. The Morgan fingerprint density at radius 2 is 2.00 bits per heavy atom. The van der Waals surface area contributed by atoms with Gasteiger partial charge in [0.25, 0.3) is 0 Å². The number of carbonyl (C=O) groups is 1. The zero-order valence-corrected chi connectivity index (χ0v) is 15.9. The molecule has 138 valence electrons. The van der Waals surface area contributed by atoms with Gasteiger partial charge in [0.2, 0.25) is 0 Å². The van der Waals surface area contributed by atoms with E-state index in [4.69, 9.17) is 42.1 Å². The topological polar surface area (TPSA) is 54.0 Å². The van der Waals surface area contributed by atoms with Gasteiger partial charge in [-0.15, -0.1) is 0 Å². The van der Waals surface area contributed by atoms with Crippen LogP contribution in [0.15, 0.2) is 36.4 Å². The lowest BCUT2D eigenvalue weighted by Gasteiger charge is -2.23. The first-order valence-corrected chi connectivity index (χ1v) is 8.67. The molecule has 7 heteroatoms. The zero-order chi connectivity index (χ0) is 18.7. The van der Waals surface area contributed by atoms with Crippen LogP contribution >= 0.6 is 23.2 Å². The van der Waals surface area contributed by atoms with Crippen LogP contribution in [0.1, 0.15) is 11.1 Å². The van der Waals surface area contributed by atoms with Crippen molar-refractivity contribution in [2.75, 3.05) is 27.4 Å². The molecule has 5 nitrogen and oxygen atoms in total. The van der Waals surface area contributed by atoms with E-state index in [1.54, 1.807) is 30.3 Å². The Balaban J connectivity index is 1.80. The lowest BCUT2D eigenvalue weighted by molar-refractivity contribution is -0.150. The van der Waals surface area contributed by atoms with E-state index in [1.165, 1.54) is 14.2 Å². The highest BCUT2D eigenvalue weighted by Crippen LogP contribution is 2.42. The van der Waals surface area contributed by atoms with Crippen molar-refractivity contribution < 1.29 is 23.7 Å². The highest BCUT2D eigenvalue weighted by molar-refractivity contribution is 6.35. The van der Waals surface area contributed by atoms with Crippen molar-refractivity contribution in [2.45, 2.75) is 12.0 Å². The molecule has 1 heterocycles. The Morgan fingerprint density at radius 3 is 2.69 bits per heavy atom. The standard InChI is InChI=1S/C19H18Cl2O5/c1-23-10-19(18(22)24-2)11-26-17-8-14(5-6-15(17)19)25-9-12-3-4-13(20)7-16(12)21/h3-8H,9-11H2,1-2H3. The summed E-state index contributed by atoms with van der Waals surface area (Å²) in [5.41, 5.74) is 0.584. The van der Waals surface area contributed by atoms with Crippen LogP contribution in [0.2, 0.25) is 10.0 Å². The number of halogens is 2. The summed E-state index contributed by atoms with van der Waals surface area (Å²) < 4.78 is 21.7. The summed E-state index contributed by atoms with van der Waals surface area (Å²) in [4.78, 5) is 12.3. The number of methoxy groups -OCH3 is 2. The Bertz CT molecular complexity index is 824. The molecular formula is C19H18Cl2O5. The van der Waals surface area contributed by atoms with E-state index in [0.717, 1.165) is 11.1 Å². The first kappa shape index (κ1) is 18.8. The van der Waals surface area contributed by atoms with Crippen molar-refractivity contribution in [2.24, 2.45) is 0 Å². The number of rotatable bonds is 6. The number of hydrogen-bond acceptors (Lipinski definition) is 5. The van der Waals surface area contributed by atoms with Gasteiger partial charge in [-0.05, 0) is 18.2 Å². The third kappa shape index (κ3) is 3.47. The quantitative estimate of drug-likeness (QED) is 0.690. The fourth-order valence-electron chi connectivity index (χ4n) is 2.97. The minimum atomic E-state index is -0.961. The second-order valence-corrected chi connectivity index (χ2v) is 6.82. The minimum absolute atomic E-state index is 0.162. The summed E-state index contributed by atoms with van der Waals surface area (Å²) >= 11 is 12.1. The van der Waals surface area contributed by atoms with Crippen molar-refractivity contribution in [1.29, 1.82) is 0 Å². The lowest BCUT2D eigenvalue weighted by atomic mass is 9.83. The number of fused-ring (bicyclic) bond motifs is 1. The molecule has 0 bridgehead atoms. The van der Waals surface area contributed by atoms with Gasteiger partial charge in [-0.3, -0.25) is 4.79 Å². The molecule has 0 amide bonds. The van der Waals surface area contributed by atoms with Crippen LogP contribution in [0.3, 0.4) is 0 Å². The molecular weight excluding hydrogens is 379 g/mol. The molecule has 1 unspecified atom stereocenters. The largest absolute Gasteiger partial charge is 0.491 e. The normalized spacial score (nSPS) is 18.2. The molecule has 0 aliphatic carbocycles. The van der Waals surface area contributed by atoms with Gasteiger partial charge >= 0.3 is 5.97 Å². The van der Waals surface area contributed by atoms with E-state index in [-0.39, 0.29) is 25.8 Å². The van der Waals surface area contributed by atoms with Crippen molar-refractivity contribution in [1.82, 2.24) is 0 Å². The van der Waals surface area contributed by atoms with Crippen LogP contribution in [-0.4, -0.2) is 33.4 Å². The maximum atomic E-state index is 12.3. The molecule has 0 saturated carbocycles. The van der Waals surface area contributed by atoms with Crippen molar-refractivity contribution in [3.05, 3.63) is 57.6 Å². The molecule has 0 aromatic heterocycles. The van der Waals surface area contributed by atoms with E-state index in [1.807, 2.05) is 6.07 Å². The van der Waals surface area contributed by atoms with Gasteiger partial charge in [-0.25, -0.2) is 0 Å². The minimum Gasteiger partial charge on any atom is -0.491 e. The third-order valence-electron chi connectivity index (χ3n) is 4.32. The summed E-state index contributed by atoms with van der Waals surface area (Å²) in [5, 5.41) is 1.11. The van der Waals surface area contributed by atoms with E-state index in [2.05, 4.69) is 0 Å². The van der Waals surface area contributed by atoms with E-state index in [9.17, 15) is 4.79 Å². The Kier molecular flexibility index (Phi) is 5.61. The number of benzene rings is 2. The average Bonchev–Trinajstić information content (AvgIpc) is 3.00. The highest BCUT2D eigenvalue weighted by atomic mass is 35.5. The van der Waals surface area contributed by atoms with Gasteiger partial charge < -0.3 is 18.9 Å². The van der Waals surface area contributed by atoms with Gasteiger partial charge in [-0.2, -0.15) is 0 Å². The maximum Gasteiger partial charge on any atom is 0.322 e. The molecule has 2 aromatic rings. The molecule has 0 radical (unpaired) electrons. The van der Waals surface area contributed by atoms with Gasteiger partial charge in [0.1, 0.15) is 24.7 Å². The molecule has 0 saturated heterocycles. The predicted molar refractivity (Wildman–Crippen MR) is 98.3 cm³/mol. The van der Waals surface area contributed by atoms with Crippen LogP contribution in [0.25, 0.3) is 0 Å². The molecule has 26 heavy (non-hydrogen) atoms.